The maximum Gasteiger partial charge on any atom is 0.337 e. The van der Waals surface area contributed by atoms with E-state index in [1.165, 1.54) is 31.6 Å². The van der Waals surface area contributed by atoms with Gasteiger partial charge in [-0.2, -0.15) is 0 Å². The number of methoxy groups -OCH3 is 1. The summed E-state index contributed by atoms with van der Waals surface area (Å²) in [6.45, 7) is 3.91. The van der Waals surface area contributed by atoms with Gasteiger partial charge in [0.05, 0.1) is 17.6 Å². The van der Waals surface area contributed by atoms with Crippen molar-refractivity contribution >= 4 is 11.7 Å². The number of benzene rings is 2. The van der Waals surface area contributed by atoms with Crippen LogP contribution in [0.15, 0.2) is 47.1 Å². The van der Waals surface area contributed by atoms with Crippen molar-refractivity contribution in [2.45, 2.75) is 20.5 Å². The van der Waals surface area contributed by atoms with Gasteiger partial charge in [-0.25, -0.2) is 9.78 Å². The Morgan fingerprint density at radius 2 is 2.00 bits per heavy atom. The molecule has 1 aromatic heterocycles. The number of esters is 1. The number of nitro groups is 1. The van der Waals surface area contributed by atoms with Gasteiger partial charge in [-0.05, 0) is 31.5 Å². The first-order valence-electron chi connectivity index (χ1n) is 8.40. The van der Waals surface area contributed by atoms with E-state index in [1.54, 1.807) is 0 Å². The van der Waals surface area contributed by atoms with Gasteiger partial charge in [-0.15, -0.1) is 0 Å². The van der Waals surface area contributed by atoms with Gasteiger partial charge >= 0.3 is 11.7 Å². The van der Waals surface area contributed by atoms with Crippen molar-refractivity contribution in [2.75, 3.05) is 7.11 Å². The largest absolute Gasteiger partial charge is 0.480 e. The molecular formula is C20H18N2O6. The Morgan fingerprint density at radius 3 is 2.68 bits per heavy atom. The Bertz CT molecular complexity index is 1040. The van der Waals surface area contributed by atoms with E-state index < -0.39 is 10.9 Å². The predicted octanol–water partition coefficient (Wildman–Crippen LogP) is 4.23. The fraction of sp³-hybridized carbons (Fsp3) is 0.200. The number of oxazole rings is 1. The highest BCUT2D eigenvalue weighted by molar-refractivity contribution is 5.90. The summed E-state index contributed by atoms with van der Waals surface area (Å²) >= 11 is 0. The van der Waals surface area contributed by atoms with E-state index in [-0.39, 0.29) is 23.6 Å². The van der Waals surface area contributed by atoms with Crippen molar-refractivity contribution in [1.29, 1.82) is 0 Å². The summed E-state index contributed by atoms with van der Waals surface area (Å²) in [6.07, 6.45) is 1.44. The lowest BCUT2D eigenvalue weighted by Crippen LogP contribution is -2.04. The van der Waals surface area contributed by atoms with Crippen LogP contribution in [0.2, 0.25) is 0 Å². The number of aryl methyl sites for hydroxylation is 2. The standard InChI is InChI=1S/C20H18N2O6/c1-12-4-6-16(13(2)8-12)19-21-15(11-28-19)10-27-18-9-14(20(23)26-3)5-7-17(18)22(24)25/h4-9,11H,10H2,1-3H3. The maximum absolute atomic E-state index is 11.7. The van der Waals surface area contributed by atoms with Gasteiger partial charge in [-0.1, -0.05) is 17.7 Å². The van der Waals surface area contributed by atoms with Crippen LogP contribution in [0.4, 0.5) is 5.69 Å². The average molecular weight is 382 g/mol. The predicted molar refractivity (Wildman–Crippen MR) is 100 cm³/mol. The van der Waals surface area contributed by atoms with Crippen LogP contribution in [0.5, 0.6) is 5.75 Å². The molecule has 0 N–H and O–H groups in total. The molecule has 0 unspecified atom stereocenters. The van der Waals surface area contributed by atoms with Gasteiger partial charge in [0.25, 0.3) is 0 Å². The van der Waals surface area contributed by atoms with Crippen LogP contribution < -0.4 is 4.74 Å². The van der Waals surface area contributed by atoms with Gasteiger partial charge < -0.3 is 13.9 Å². The molecule has 0 aliphatic heterocycles. The zero-order chi connectivity index (χ0) is 20.3. The molecule has 28 heavy (non-hydrogen) atoms. The summed E-state index contributed by atoms with van der Waals surface area (Å²) in [5.41, 5.74) is 3.37. The number of ether oxygens (including phenoxy) is 2. The van der Waals surface area contributed by atoms with Gasteiger partial charge in [0.15, 0.2) is 5.75 Å². The van der Waals surface area contributed by atoms with E-state index in [0.717, 1.165) is 16.7 Å². The molecule has 8 heteroatoms. The molecule has 0 bridgehead atoms. The van der Waals surface area contributed by atoms with E-state index in [2.05, 4.69) is 9.72 Å². The lowest BCUT2D eigenvalue weighted by Gasteiger charge is -2.07. The highest BCUT2D eigenvalue weighted by Gasteiger charge is 2.19. The third-order valence-electron chi connectivity index (χ3n) is 4.12. The van der Waals surface area contributed by atoms with Crippen LogP contribution in [-0.2, 0) is 11.3 Å². The summed E-state index contributed by atoms with van der Waals surface area (Å²) in [4.78, 5) is 26.7. The topological polar surface area (TPSA) is 105 Å². The minimum Gasteiger partial charge on any atom is -0.480 e. The second-order valence-electron chi connectivity index (χ2n) is 6.18. The first-order valence-corrected chi connectivity index (χ1v) is 8.40. The average Bonchev–Trinajstić information content (AvgIpc) is 3.14. The second kappa shape index (κ2) is 7.91. The number of nitrogens with zero attached hydrogens (tertiary/aromatic N) is 2. The van der Waals surface area contributed by atoms with Crippen molar-refractivity contribution in [1.82, 2.24) is 4.98 Å². The van der Waals surface area contributed by atoms with E-state index in [0.29, 0.717) is 11.6 Å². The number of rotatable bonds is 6. The third kappa shape index (κ3) is 4.01. The van der Waals surface area contributed by atoms with Crippen LogP contribution in [0.1, 0.15) is 27.2 Å². The van der Waals surface area contributed by atoms with E-state index in [1.807, 2.05) is 32.0 Å². The maximum atomic E-state index is 11.7. The first kappa shape index (κ1) is 19.1. The van der Waals surface area contributed by atoms with Crippen LogP contribution in [0.3, 0.4) is 0 Å². The normalized spacial score (nSPS) is 10.5. The monoisotopic (exact) mass is 382 g/mol. The first-order chi connectivity index (χ1) is 13.4. The molecule has 0 saturated carbocycles. The van der Waals surface area contributed by atoms with Crippen LogP contribution in [0.25, 0.3) is 11.5 Å². The Kier molecular flexibility index (Phi) is 5.39. The smallest absolute Gasteiger partial charge is 0.337 e. The van der Waals surface area contributed by atoms with E-state index >= 15 is 0 Å². The molecule has 0 aliphatic carbocycles. The Morgan fingerprint density at radius 1 is 1.21 bits per heavy atom. The molecule has 0 spiro atoms. The lowest BCUT2D eigenvalue weighted by atomic mass is 10.1. The minimum atomic E-state index is -0.613. The number of carbonyl (C=O) groups excluding carboxylic acids is 1. The molecule has 0 fully saturated rings. The molecule has 1 heterocycles. The summed E-state index contributed by atoms with van der Waals surface area (Å²) in [7, 11) is 1.23. The van der Waals surface area contributed by atoms with Crippen molar-refractivity contribution in [3.8, 4) is 17.2 Å². The van der Waals surface area contributed by atoms with Crippen molar-refractivity contribution in [2.24, 2.45) is 0 Å². The van der Waals surface area contributed by atoms with Crippen LogP contribution >= 0.6 is 0 Å². The molecular weight excluding hydrogens is 364 g/mol. The van der Waals surface area contributed by atoms with Crippen LogP contribution in [-0.4, -0.2) is 23.0 Å². The summed E-state index contributed by atoms with van der Waals surface area (Å²) < 4.78 is 15.7. The van der Waals surface area contributed by atoms with Crippen molar-refractivity contribution in [3.05, 3.63) is 75.2 Å². The second-order valence-corrected chi connectivity index (χ2v) is 6.18. The molecule has 0 atom stereocenters. The molecule has 0 aliphatic rings. The van der Waals surface area contributed by atoms with Gasteiger partial charge in [0, 0.05) is 17.7 Å². The SMILES string of the molecule is COC(=O)c1ccc([N+](=O)[O-])c(OCc2coc(-c3ccc(C)cc3C)n2)c1. The Labute approximate surface area is 160 Å². The molecule has 0 radical (unpaired) electrons. The quantitative estimate of drug-likeness (QED) is 0.357. The fourth-order valence-corrected chi connectivity index (χ4v) is 2.73. The van der Waals surface area contributed by atoms with Crippen molar-refractivity contribution in [3.63, 3.8) is 0 Å². The summed E-state index contributed by atoms with van der Waals surface area (Å²) in [6, 6.07) is 9.69. The highest BCUT2D eigenvalue weighted by atomic mass is 16.6. The van der Waals surface area contributed by atoms with Crippen LogP contribution in [0, 0.1) is 24.0 Å². The zero-order valence-electron chi connectivity index (χ0n) is 15.6. The summed E-state index contributed by atoms with van der Waals surface area (Å²) in [5, 5.41) is 11.2. The summed E-state index contributed by atoms with van der Waals surface area (Å²) in [5.74, 6) is -0.226. The minimum absolute atomic E-state index is 0.0519. The number of carbonyl (C=O) groups is 1. The number of nitro benzene ring substituents is 1. The van der Waals surface area contributed by atoms with Gasteiger partial charge in [0.2, 0.25) is 5.89 Å². The third-order valence-corrected chi connectivity index (χ3v) is 4.12. The molecule has 0 saturated heterocycles. The van der Waals surface area contributed by atoms with Gasteiger partial charge in [-0.3, -0.25) is 10.1 Å². The molecule has 3 rings (SSSR count). The number of hydrogen-bond acceptors (Lipinski definition) is 7. The Hall–Kier alpha value is -3.68. The fourth-order valence-electron chi connectivity index (χ4n) is 2.73. The van der Waals surface area contributed by atoms with Crippen molar-refractivity contribution < 1.29 is 23.6 Å². The molecule has 144 valence electrons. The highest BCUT2D eigenvalue weighted by Crippen LogP contribution is 2.30. The van der Waals surface area contributed by atoms with E-state index in [4.69, 9.17) is 9.15 Å². The van der Waals surface area contributed by atoms with E-state index in [9.17, 15) is 14.9 Å². The van der Waals surface area contributed by atoms with Gasteiger partial charge in [0.1, 0.15) is 18.6 Å². The number of aromatic nitrogens is 1. The molecule has 0 amide bonds. The lowest BCUT2D eigenvalue weighted by molar-refractivity contribution is -0.385. The zero-order valence-corrected chi connectivity index (χ0v) is 15.6. The molecule has 3 aromatic rings. The molecule has 8 nitrogen and oxygen atoms in total. The number of hydrogen-bond donors (Lipinski definition) is 0. The molecule has 2 aromatic carbocycles. The Balaban J connectivity index is 1.81.